The molecule has 0 fully saturated rings. The second kappa shape index (κ2) is 6.64. The zero-order valence-corrected chi connectivity index (χ0v) is 13.7. The predicted molar refractivity (Wildman–Crippen MR) is 84.5 cm³/mol. The lowest BCUT2D eigenvalue weighted by atomic mass is 10.0. The Morgan fingerprint density at radius 2 is 1.87 bits per heavy atom. The number of carboxylic acids is 1. The monoisotopic (exact) mass is 316 g/mol. The second-order valence-electron chi connectivity index (χ2n) is 5.83. The summed E-state index contributed by atoms with van der Waals surface area (Å²) in [6, 6.07) is 6.47. The molecule has 2 rings (SSSR count). The van der Waals surface area contributed by atoms with Crippen molar-refractivity contribution in [3.05, 3.63) is 52.4 Å². The average molecular weight is 316 g/mol. The van der Waals surface area contributed by atoms with E-state index in [0.717, 1.165) is 5.56 Å². The van der Waals surface area contributed by atoms with Crippen LogP contribution in [0, 0.1) is 6.92 Å². The smallest absolute Gasteiger partial charge is 0.335 e. The lowest BCUT2D eigenvalue weighted by Gasteiger charge is -2.18. The molecule has 6 nitrogen and oxygen atoms in total. The molecular formula is C17H20N2O4. The van der Waals surface area contributed by atoms with Crippen LogP contribution in [-0.2, 0) is 6.54 Å². The number of hydrogen-bond acceptors (Lipinski definition) is 4. The molecule has 0 saturated heterocycles. The fraction of sp³-hybridized carbons (Fsp3) is 0.353. The van der Waals surface area contributed by atoms with E-state index in [1.165, 1.54) is 12.1 Å². The van der Waals surface area contributed by atoms with Crippen molar-refractivity contribution in [3.63, 3.8) is 0 Å². The Bertz CT molecular complexity index is 717. The zero-order valence-electron chi connectivity index (χ0n) is 13.7. The summed E-state index contributed by atoms with van der Waals surface area (Å²) >= 11 is 0. The Labute approximate surface area is 134 Å². The first-order valence-electron chi connectivity index (χ1n) is 7.35. The minimum atomic E-state index is -0.970. The highest BCUT2D eigenvalue weighted by atomic mass is 16.5. The van der Waals surface area contributed by atoms with Gasteiger partial charge in [0.1, 0.15) is 5.56 Å². The standard InChI is InChI=1S/C17H20N2O4/c1-10(2)15-14(11(3)18-23-15)16(20)19(4)9-12-5-7-13(8-6-12)17(21)22/h5-8,10H,9H2,1-4H3,(H,21,22). The molecule has 0 bridgehead atoms. The largest absolute Gasteiger partial charge is 0.478 e. The van der Waals surface area contributed by atoms with Crippen LogP contribution in [0.25, 0.3) is 0 Å². The van der Waals surface area contributed by atoms with Crippen LogP contribution in [-0.4, -0.2) is 34.1 Å². The van der Waals surface area contributed by atoms with Gasteiger partial charge >= 0.3 is 5.97 Å². The maximum Gasteiger partial charge on any atom is 0.335 e. The molecule has 23 heavy (non-hydrogen) atoms. The third-order valence-corrected chi connectivity index (χ3v) is 3.59. The van der Waals surface area contributed by atoms with Crippen molar-refractivity contribution in [1.82, 2.24) is 10.1 Å². The third-order valence-electron chi connectivity index (χ3n) is 3.59. The number of benzene rings is 1. The van der Waals surface area contributed by atoms with Crippen molar-refractivity contribution >= 4 is 11.9 Å². The Hall–Kier alpha value is -2.63. The number of aromatic carboxylic acids is 1. The number of carbonyl (C=O) groups excluding carboxylic acids is 1. The van der Waals surface area contributed by atoms with Crippen molar-refractivity contribution in [3.8, 4) is 0 Å². The van der Waals surface area contributed by atoms with Gasteiger partial charge < -0.3 is 14.5 Å². The summed E-state index contributed by atoms with van der Waals surface area (Å²) in [5, 5.41) is 12.8. The number of nitrogens with zero attached hydrogens (tertiary/aromatic N) is 2. The van der Waals surface area contributed by atoms with Crippen LogP contribution in [0.3, 0.4) is 0 Å². The lowest BCUT2D eigenvalue weighted by Crippen LogP contribution is -2.27. The zero-order chi connectivity index (χ0) is 17.1. The summed E-state index contributed by atoms with van der Waals surface area (Å²) < 4.78 is 5.26. The van der Waals surface area contributed by atoms with Gasteiger partial charge in [0.25, 0.3) is 5.91 Å². The van der Waals surface area contributed by atoms with Crippen LogP contribution < -0.4 is 0 Å². The predicted octanol–water partition coefficient (Wildman–Crippen LogP) is 3.08. The van der Waals surface area contributed by atoms with Crippen LogP contribution >= 0.6 is 0 Å². The second-order valence-corrected chi connectivity index (χ2v) is 5.83. The van der Waals surface area contributed by atoms with Crippen LogP contribution in [0.15, 0.2) is 28.8 Å². The van der Waals surface area contributed by atoms with Gasteiger partial charge in [0.15, 0.2) is 5.76 Å². The van der Waals surface area contributed by atoms with E-state index >= 15 is 0 Å². The van der Waals surface area contributed by atoms with Crippen LogP contribution in [0.4, 0.5) is 0 Å². The lowest BCUT2D eigenvalue weighted by molar-refractivity contribution is 0.0695. The molecule has 0 radical (unpaired) electrons. The molecule has 0 unspecified atom stereocenters. The summed E-state index contributed by atoms with van der Waals surface area (Å²) in [6.45, 7) is 6.02. The minimum Gasteiger partial charge on any atom is -0.478 e. The van der Waals surface area contributed by atoms with E-state index in [0.29, 0.717) is 23.6 Å². The van der Waals surface area contributed by atoms with Crippen molar-refractivity contribution in [2.24, 2.45) is 0 Å². The number of hydrogen-bond donors (Lipinski definition) is 1. The number of carboxylic acid groups (broad SMARTS) is 1. The maximum atomic E-state index is 12.7. The molecular weight excluding hydrogens is 296 g/mol. The first-order valence-corrected chi connectivity index (χ1v) is 7.35. The van der Waals surface area contributed by atoms with E-state index in [4.69, 9.17) is 9.63 Å². The first-order chi connectivity index (χ1) is 10.8. The summed E-state index contributed by atoms with van der Waals surface area (Å²) in [5.41, 5.74) is 2.15. The summed E-state index contributed by atoms with van der Waals surface area (Å²) in [6.07, 6.45) is 0. The van der Waals surface area contributed by atoms with Gasteiger partial charge in [-0.2, -0.15) is 0 Å². The van der Waals surface area contributed by atoms with E-state index in [1.807, 2.05) is 13.8 Å². The average Bonchev–Trinajstić information content (AvgIpc) is 2.88. The normalized spacial score (nSPS) is 10.8. The summed E-state index contributed by atoms with van der Waals surface area (Å²) in [5.74, 6) is -0.476. The third kappa shape index (κ3) is 3.59. The number of aryl methyl sites for hydroxylation is 1. The highest BCUT2D eigenvalue weighted by Crippen LogP contribution is 2.24. The Kier molecular flexibility index (Phi) is 4.83. The van der Waals surface area contributed by atoms with Crippen molar-refractivity contribution < 1.29 is 19.2 Å². The van der Waals surface area contributed by atoms with E-state index < -0.39 is 5.97 Å². The topological polar surface area (TPSA) is 83.6 Å². The van der Waals surface area contributed by atoms with Gasteiger partial charge in [-0.3, -0.25) is 4.79 Å². The molecule has 0 aliphatic rings. The highest BCUT2D eigenvalue weighted by Gasteiger charge is 2.25. The molecule has 0 saturated carbocycles. The number of aromatic nitrogens is 1. The van der Waals surface area contributed by atoms with Gasteiger partial charge in [-0.25, -0.2) is 4.79 Å². The van der Waals surface area contributed by atoms with E-state index in [2.05, 4.69) is 5.16 Å². The fourth-order valence-electron chi connectivity index (χ4n) is 2.33. The fourth-order valence-corrected chi connectivity index (χ4v) is 2.33. The highest BCUT2D eigenvalue weighted by molar-refractivity contribution is 5.96. The number of carbonyl (C=O) groups is 2. The summed E-state index contributed by atoms with van der Waals surface area (Å²) in [7, 11) is 1.70. The first kappa shape index (κ1) is 16.7. The Morgan fingerprint density at radius 1 is 1.26 bits per heavy atom. The van der Waals surface area contributed by atoms with Crippen molar-refractivity contribution in [2.45, 2.75) is 33.2 Å². The molecule has 122 valence electrons. The molecule has 0 aliphatic carbocycles. The summed E-state index contributed by atoms with van der Waals surface area (Å²) in [4.78, 5) is 25.1. The molecule has 1 N–H and O–H groups in total. The van der Waals surface area contributed by atoms with Crippen LogP contribution in [0.5, 0.6) is 0 Å². The van der Waals surface area contributed by atoms with E-state index in [1.54, 1.807) is 31.0 Å². The SMILES string of the molecule is Cc1noc(C(C)C)c1C(=O)N(C)Cc1ccc(C(=O)O)cc1. The van der Waals surface area contributed by atoms with Crippen molar-refractivity contribution in [2.75, 3.05) is 7.05 Å². The molecule has 2 aromatic rings. The van der Waals surface area contributed by atoms with Crippen LogP contribution in [0.2, 0.25) is 0 Å². The molecule has 0 spiro atoms. The molecule has 6 heteroatoms. The molecule has 0 atom stereocenters. The van der Waals surface area contributed by atoms with Gasteiger partial charge in [0, 0.05) is 19.5 Å². The Balaban J connectivity index is 2.17. The number of amides is 1. The van der Waals surface area contributed by atoms with E-state index in [9.17, 15) is 9.59 Å². The van der Waals surface area contributed by atoms with Gasteiger partial charge in [-0.05, 0) is 24.6 Å². The van der Waals surface area contributed by atoms with Gasteiger partial charge in [-0.1, -0.05) is 31.1 Å². The number of rotatable bonds is 5. The molecule has 1 amide bonds. The van der Waals surface area contributed by atoms with Gasteiger partial charge in [0.05, 0.1) is 11.3 Å². The molecule has 0 aliphatic heterocycles. The van der Waals surface area contributed by atoms with Gasteiger partial charge in [-0.15, -0.1) is 0 Å². The quantitative estimate of drug-likeness (QED) is 0.916. The van der Waals surface area contributed by atoms with Crippen LogP contribution in [0.1, 0.15) is 57.5 Å². The molecule has 1 heterocycles. The minimum absolute atomic E-state index is 0.0680. The van der Waals surface area contributed by atoms with Crippen molar-refractivity contribution in [1.29, 1.82) is 0 Å². The molecule has 1 aromatic heterocycles. The van der Waals surface area contributed by atoms with E-state index in [-0.39, 0.29) is 17.4 Å². The molecule has 1 aromatic carbocycles. The maximum absolute atomic E-state index is 12.7. The van der Waals surface area contributed by atoms with Gasteiger partial charge in [0.2, 0.25) is 0 Å². The Morgan fingerprint density at radius 3 is 2.39 bits per heavy atom.